The van der Waals surface area contributed by atoms with Crippen LogP contribution in [0.1, 0.15) is 0 Å². The Labute approximate surface area is 186 Å². The van der Waals surface area contributed by atoms with Crippen molar-refractivity contribution in [3.8, 4) is 11.3 Å². The van der Waals surface area contributed by atoms with E-state index in [-0.39, 0.29) is 21.1 Å². The van der Waals surface area contributed by atoms with E-state index in [2.05, 4.69) is 61.2 Å². The average molecular weight is 608 g/mol. The van der Waals surface area contributed by atoms with Gasteiger partial charge in [-0.3, -0.25) is 9.97 Å². The predicted octanol–water partition coefficient (Wildman–Crippen LogP) is 6.09. The minimum Gasteiger partial charge on any atom is -0.305 e. The Morgan fingerprint density at radius 2 is 1.32 bits per heavy atom. The van der Waals surface area contributed by atoms with Gasteiger partial charge in [0, 0.05) is 50.4 Å². The summed E-state index contributed by atoms with van der Waals surface area (Å²) in [6, 6.07) is 27.0. The van der Waals surface area contributed by atoms with Crippen LogP contribution in [-0.4, -0.2) is 15.0 Å². The second-order valence-electron chi connectivity index (χ2n) is 5.85. The maximum absolute atomic E-state index is 4.35. The van der Waals surface area contributed by atoms with Gasteiger partial charge in [0.25, 0.3) is 0 Å². The first-order valence-corrected chi connectivity index (χ1v) is 9.28. The molecule has 0 atom stereocenters. The third-order valence-corrected chi connectivity index (χ3v) is 4.54. The van der Waals surface area contributed by atoms with Gasteiger partial charge in [-0.25, -0.2) is 0 Å². The number of nitrogens with zero attached hydrogens (tertiary/aromatic N) is 3. The van der Waals surface area contributed by atoms with Crippen molar-refractivity contribution < 1.29 is 21.1 Å². The number of halogens is 1. The first kappa shape index (κ1) is 20.3. The van der Waals surface area contributed by atoms with Crippen molar-refractivity contribution in [1.29, 1.82) is 0 Å². The minimum atomic E-state index is 0. The molecule has 0 saturated carbocycles. The van der Waals surface area contributed by atoms with Gasteiger partial charge in [0.1, 0.15) is 0 Å². The normalized spacial score (nSPS) is 10.0. The van der Waals surface area contributed by atoms with Crippen molar-refractivity contribution in [3.63, 3.8) is 0 Å². The summed E-state index contributed by atoms with van der Waals surface area (Å²) in [4.78, 5) is 12.9. The van der Waals surface area contributed by atoms with Crippen LogP contribution in [0.5, 0.6) is 0 Å². The molecule has 5 rings (SSSR count). The molecule has 28 heavy (non-hydrogen) atoms. The van der Waals surface area contributed by atoms with E-state index in [0.717, 1.165) is 37.5 Å². The number of hydrogen-bond acceptors (Lipinski definition) is 3. The van der Waals surface area contributed by atoms with Gasteiger partial charge in [-0.05, 0) is 23.9 Å². The van der Waals surface area contributed by atoms with Crippen LogP contribution in [0.4, 0.5) is 0 Å². The molecule has 0 spiro atoms. The van der Waals surface area contributed by atoms with E-state index in [9.17, 15) is 0 Å². The van der Waals surface area contributed by atoms with E-state index < -0.39 is 0 Å². The van der Waals surface area contributed by atoms with Crippen molar-refractivity contribution in [2.75, 3.05) is 0 Å². The Kier molecular flexibility index (Phi) is 7.02. The Morgan fingerprint density at radius 1 is 0.679 bits per heavy atom. The van der Waals surface area contributed by atoms with Crippen molar-refractivity contribution in [3.05, 3.63) is 102 Å². The molecule has 0 aliphatic rings. The molecule has 0 radical (unpaired) electrons. The molecule has 5 aromatic rings. The Hall–Kier alpha value is -2.42. The number of hydrogen-bond donors (Lipinski definition) is 0. The van der Waals surface area contributed by atoms with Crippen LogP contribution in [0.3, 0.4) is 0 Å². The van der Waals surface area contributed by atoms with Crippen molar-refractivity contribution in [1.82, 2.24) is 15.0 Å². The molecule has 0 aliphatic heterocycles. The fraction of sp³-hybridized carbons (Fsp3) is 0. The van der Waals surface area contributed by atoms with Gasteiger partial charge in [0.2, 0.25) is 0 Å². The zero-order valence-corrected chi connectivity index (χ0v) is 18.6. The molecular weight excluding hydrogens is 593 g/mol. The minimum absolute atomic E-state index is 0. The molecule has 0 aliphatic carbocycles. The van der Waals surface area contributed by atoms with E-state index in [1.807, 2.05) is 48.5 Å². The van der Waals surface area contributed by atoms with Gasteiger partial charge >= 0.3 is 0 Å². The summed E-state index contributed by atoms with van der Waals surface area (Å²) in [5, 5.41) is 2.28. The first-order valence-electron chi connectivity index (χ1n) is 8.48. The van der Waals surface area contributed by atoms with E-state index in [0.29, 0.717) is 0 Å². The number of aromatic nitrogens is 3. The van der Waals surface area contributed by atoms with E-state index in [1.165, 1.54) is 0 Å². The SMILES string of the molecule is Brc1cc[c-]c(-c2ccccn2)c1.[Pt].c1cnc2c(c1)ccc1cccnc12. The fourth-order valence-electron chi connectivity index (χ4n) is 2.79. The molecule has 3 nitrogen and oxygen atoms in total. The van der Waals surface area contributed by atoms with Crippen molar-refractivity contribution >= 4 is 37.7 Å². The molecule has 2 aromatic carbocycles. The Bertz CT molecular complexity index is 1140. The van der Waals surface area contributed by atoms with Crippen LogP contribution in [0.15, 0.2) is 95.9 Å². The van der Waals surface area contributed by atoms with E-state index in [1.54, 1.807) is 18.6 Å². The molecule has 0 bridgehead atoms. The standard InChI is InChI=1S/C12H8N2.C11H7BrN.Pt/c1-3-9-5-6-10-4-2-8-14-12(10)11(9)13-7-1;12-10-5-3-4-9(8-10)11-6-1-2-7-13-11;/h1-8H;1-3,5-8H;/q;-1;. The third kappa shape index (κ3) is 4.70. The maximum Gasteiger partial charge on any atom is 0.0964 e. The van der Waals surface area contributed by atoms with Crippen LogP contribution < -0.4 is 0 Å². The van der Waals surface area contributed by atoms with E-state index in [4.69, 9.17) is 0 Å². The number of pyridine rings is 3. The molecule has 0 unspecified atom stereocenters. The summed E-state index contributed by atoms with van der Waals surface area (Å²) in [5.74, 6) is 0. The maximum atomic E-state index is 4.35. The second kappa shape index (κ2) is 9.68. The zero-order chi connectivity index (χ0) is 18.5. The molecular formula is C23H15BrN3Pt-. The number of benzene rings is 2. The first-order chi connectivity index (χ1) is 13.3. The average Bonchev–Trinajstić information content (AvgIpc) is 2.75. The van der Waals surface area contributed by atoms with Gasteiger partial charge in [0.05, 0.1) is 11.0 Å². The molecule has 3 aromatic heterocycles. The zero-order valence-electron chi connectivity index (χ0n) is 14.7. The van der Waals surface area contributed by atoms with Crippen LogP contribution in [-0.2, 0) is 21.1 Å². The summed E-state index contributed by atoms with van der Waals surface area (Å²) >= 11 is 3.41. The van der Waals surface area contributed by atoms with Crippen molar-refractivity contribution in [2.45, 2.75) is 0 Å². The predicted molar refractivity (Wildman–Crippen MR) is 113 cm³/mol. The monoisotopic (exact) mass is 607 g/mol. The van der Waals surface area contributed by atoms with Gasteiger partial charge < -0.3 is 4.98 Å². The summed E-state index contributed by atoms with van der Waals surface area (Å²) < 4.78 is 1.05. The number of fused-ring (bicyclic) bond motifs is 3. The largest absolute Gasteiger partial charge is 0.305 e. The summed E-state index contributed by atoms with van der Waals surface area (Å²) in [6.07, 6.45) is 5.39. The molecule has 0 amide bonds. The Morgan fingerprint density at radius 3 is 1.89 bits per heavy atom. The van der Waals surface area contributed by atoms with Crippen LogP contribution in [0, 0.1) is 6.07 Å². The quantitative estimate of drug-likeness (QED) is 0.171. The van der Waals surface area contributed by atoms with Crippen molar-refractivity contribution in [2.24, 2.45) is 0 Å². The topological polar surface area (TPSA) is 38.7 Å². The molecule has 3 heterocycles. The van der Waals surface area contributed by atoms with Gasteiger partial charge in [-0.1, -0.05) is 56.8 Å². The molecule has 140 valence electrons. The molecule has 0 N–H and O–H groups in total. The summed E-state index contributed by atoms with van der Waals surface area (Å²) in [7, 11) is 0. The van der Waals surface area contributed by atoms with Crippen LogP contribution >= 0.6 is 15.9 Å². The summed E-state index contributed by atoms with van der Waals surface area (Å²) in [5.41, 5.74) is 3.91. The molecule has 0 fully saturated rings. The fourth-order valence-corrected chi connectivity index (χ4v) is 3.15. The molecule has 5 heteroatoms. The van der Waals surface area contributed by atoms with Crippen LogP contribution in [0.2, 0.25) is 0 Å². The van der Waals surface area contributed by atoms with Gasteiger partial charge in [-0.15, -0.1) is 29.8 Å². The smallest absolute Gasteiger partial charge is 0.0964 e. The Balaban J connectivity index is 0.000000156. The molecule has 0 saturated heterocycles. The number of rotatable bonds is 1. The third-order valence-electron chi connectivity index (χ3n) is 4.05. The van der Waals surface area contributed by atoms with Crippen LogP contribution in [0.25, 0.3) is 33.1 Å². The second-order valence-corrected chi connectivity index (χ2v) is 6.77. The van der Waals surface area contributed by atoms with E-state index >= 15 is 0 Å². The summed E-state index contributed by atoms with van der Waals surface area (Å²) in [6.45, 7) is 0. The van der Waals surface area contributed by atoms with Gasteiger partial charge in [0.15, 0.2) is 0 Å². The van der Waals surface area contributed by atoms with Gasteiger partial charge in [-0.2, -0.15) is 0 Å².